The quantitative estimate of drug-likeness (QED) is 0.0482. The largest absolute Gasteiger partial charge is 0.481 e. The second-order valence-electron chi connectivity index (χ2n) is 8.50. The fourth-order valence-electron chi connectivity index (χ4n) is 3.26. The van der Waals surface area contributed by atoms with Crippen molar-refractivity contribution in [2.75, 3.05) is 31.2 Å². The fourth-order valence-corrected chi connectivity index (χ4v) is 6.42. The molecule has 5 N–H and O–H groups in total. The van der Waals surface area contributed by atoms with Gasteiger partial charge in [0.1, 0.15) is 6.61 Å². The molecule has 1 aliphatic heterocycles. The van der Waals surface area contributed by atoms with Gasteiger partial charge in [0.2, 0.25) is 11.8 Å². The maximum Gasteiger partial charge on any atom is 0.306 e. The van der Waals surface area contributed by atoms with Crippen LogP contribution in [0.1, 0.15) is 64.2 Å². The third-order valence-electron chi connectivity index (χ3n) is 5.21. The summed E-state index contributed by atoms with van der Waals surface area (Å²) in [5, 5.41) is 17.8. The smallest absolute Gasteiger partial charge is 0.306 e. The Balaban J connectivity index is 2.18. The number of ether oxygens (including phenoxy) is 1. The van der Waals surface area contributed by atoms with Gasteiger partial charge in [0, 0.05) is 47.9 Å². The summed E-state index contributed by atoms with van der Waals surface area (Å²) in [4.78, 5) is 49.6. The first-order chi connectivity index (χ1) is 16.7. The van der Waals surface area contributed by atoms with Crippen molar-refractivity contribution in [3.05, 3.63) is 10.4 Å². The number of esters is 1. The third kappa shape index (κ3) is 16.2. The van der Waals surface area contributed by atoms with Crippen molar-refractivity contribution in [1.29, 1.82) is 0 Å². The van der Waals surface area contributed by atoms with Gasteiger partial charge in [0.15, 0.2) is 0 Å². The average molecular weight is 533 g/mol. The number of carboxylic acid groups (broad SMARTS) is 1. The predicted octanol–water partition coefficient (Wildman–Crippen LogP) is 2.52. The third-order valence-corrected chi connectivity index (χ3v) is 7.97. The van der Waals surface area contributed by atoms with E-state index in [0.29, 0.717) is 32.4 Å². The number of nitrogens with one attached hydrogen (secondary N) is 2. The van der Waals surface area contributed by atoms with Crippen molar-refractivity contribution in [2.45, 2.75) is 75.8 Å². The number of hydrogen-bond donors (Lipinski definition) is 4. The zero-order valence-electron chi connectivity index (χ0n) is 19.9. The van der Waals surface area contributed by atoms with Gasteiger partial charge in [-0.2, -0.15) is 0 Å². The van der Waals surface area contributed by atoms with E-state index in [1.807, 2.05) is 0 Å². The van der Waals surface area contributed by atoms with E-state index in [4.69, 9.17) is 21.1 Å². The summed E-state index contributed by atoms with van der Waals surface area (Å²) < 4.78 is 5.08. The molecule has 12 nitrogen and oxygen atoms in total. The molecule has 1 aliphatic rings. The summed E-state index contributed by atoms with van der Waals surface area (Å²) in [5.41, 5.74) is 14.4. The number of carbonyl (C=O) groups is 4. The van der Waals surface area contributed by atoms with Crippen LogP contribution in [0, 0.1) is 0 Å². The summed E-state index contributed by atoms with van der Waals surface area (Å²) in [6.45, 7) is 0.594. The normalized spacial score (nSPS) is 15.0. The van der Waals surface area contributed by atoms with Crippen LogP contribution in [-0.2, 0) is 23.9 Å². The SMILES string of the molecule is [N-]=[N+]=NCCCCCC(=O)N[C@H](COC(=O)CCC(=O)NCCCCC1(N)CSSC1)CC(=O)O. The standard InChI is InChI=1S/C21H36N6O6S2/c22-21(14-34-35-15-21)9-3-5-10-24-17(28)7-8-20(32)33-13-16(12-19(30)31)26-18(29)6-2-1-4-11-25-27-23/h16H,1-15,22H2,(H,24,28)(H,26,29)(H,30,31)/t16-/m0/s1. The lowest BCUT2D eigenvalue weighted by Gasteiger charge is -2.21. The van der Waals surface area contributed by atoms with E-state index in [1.165, 1.54) is 0 Å². The molecule has 0 aromatic heterocycles. The van der Waals surface area contributed by atoms with Crippen LogP contribution in [0.4, 0.5) is 0 Å². The number of aliphatic carboxylic acids is 1. The molecule has 14 heteroatoms. The Morgan fingerprint density at radius 3 is 2.49 bits per heavy atom. The van der Waals surface area contributed by atoms with Crippen LogP contribution >= 0.6 is 21.6 Å². The Labute approximate surface area is 213 Å². The number of nitrogens with zero attached hydrogens (tertiary/aromatic N) is 3. The number of nitrogens with two attached hydrogens (primary N) is 1. The molecule has 35 heavy (non-hydrogen) atoms. The summed E-state index contributed by atoms with van der Waals surface area (Å²) in [5.74, 6) is -0.476. The highest BCUT2D eigenvalue weighted by Gasteiger charge is 2.29. The van der Waals surface area contributed by atoms with Gasteiger partial charge >= 0.3 is 11.9 Å². The predicted molar refractivity (Wildman–Crippen MR) is 136 cm³/mol. The first-order valence-corrected chi connectivity index (χ1v) is 14.2. The first kappa shape index (κ1) is 30.9. The van der Waals surface area contributed by atoms with Crippen molar-refractivity contribution >= 4 is 45.3 Å². The van der Waals surface area contributed by atoms with Gasteiger partial charge in [-0.1, -0.05) is 33.1 Å². The number of unbranched alkanes of at least 4 members (excludes halogenated alkanes) is 3. The molecule has 0 radical (unpaired) electrons. The number of carbonyl (C=O) groups excluding carboxylic acids is 3. The van der Waals surface area contributed by atoms with Gasteiger partial charge in [0.25, 0.3) is 0 Å². The molecule has 1 saturated heterocycles. The Kier molecular flexibility index (Phi) is 16.0. The Morgan fingerprint density at radius 1 is 1.06 bits per heavy atom. The molecule has 0 aliphatic carbocycles. The number of azide groups is 1. The van der Waals surface area contributed by atoms with Gasteiger partial charge in [-0.25, -0.2) is 0 Å². The highest BCUT2D eigenvalue weighted by atomic mass is 33.1. The Hall–Kier alpha value is -2.15. The maximum absolute atomic E-state index is 12.0. The van der Waals surface area contributed by atoms with Crippen LogP contribution in [0.3, 0.4) is 0 Å². The monoisotopic (exact) mass is 532 g/mol. The molecule has 0 aromatic carbocycles. The van der Waals surface area contributed by atoms with E-state index < -0.39 is 24.4 Å². The molecule has 1 atom stereocenters. The zero-order valence-corrected chi connectivity index (χ0v) is 21.5. The number of rotatable bonds is 19. The molecule has 1 heterocycles. The summed E-state index contributed by atoms with van der Waals surface area (Å²) >= 11 is 0. The van der Waals surface area contributed by atoms with Crippen LogP contribution < -0.4 is 16.4 Å². The van der Waals surface area contributed by atoms with Gasteiger partial charge in [-0.3, -0.25) is 19.2 Å². The Bertz CT molecular complexity index is 744. The Morgan fingerprint density at radius 2 is 1.80 bits per heavy atom. The lowest BCUT2D eigenvalue weighted by Crippen LogP contribution is -2.42. The van der Waals surface area contributed by atoms with Crippen LogP contribution in [0.25, 0.3) is 10.4 Å². The van der Waals surface area contributed by atoms with E-state index >= 15 is 0 Å². The molecule has 0 aromatic rings. The van der Waals surface area contributed by atoms with Crippen molar-refractivity contribution in [2.24, 2.45) is 10.8 Å². The molecule has 2 amide bonds. The summed E-state index contributed by atoms with van der Waals surface area (Å²) in [6, 6.07) is -0.858. The van der Waals surface area contributed by atoms with E-state index in [1.54, 1.807) is 21.6 Å². The van der Waals surface area contributed by atoms with Crippen molar-refractivity contribution in [3.63, 3.8) is 0 Å². The molecule has 1 fully saturated rings. The molecular weight excluding hydrogens is 496 g/mol. The zero-order chi connectivity index (χ0) is 25.9. The average Bonchev–Trinajstić information content (AvgIpc) is 3.24. The lowest BCUT2D eigenvalue weighted by molar-refractivity contribution is -0.148. The van der Waals surface area contributed by atoms with E-state index in [2.05, 4.69) is 20.7 Å². The summed E-state index contributed by atoms with van der Waals surface area (Å²) in [6.07, 6.45) is 4.20. The number of amides is 2. The molecule has 198 valence electrons. The van der Waals surface area contributed by atoms with Crippen LogP contribution in [0.15, 0.2) is 5.11 Å². The minimum absolute atomic E-state index is 0.0290. The maximum atomic E-state index is 12.0. The highest BCUT2D eigenvalue weighted by molar-refractivity contribution is 8.77. The fraction of sp³-hybridized carbons (Fsp3) is 0.810. The van der Waals surface area contributed by atoms with E-state index in [0.717, 1.165) is 30.8 Å². The second-order valence-corrected chi connectivity index (χ2v) is 11.0. The number of carboxylic acids is 1. The molecule has 1 rings (SSSR count). The minimum Gasteiger partial charge on any atom is -0.481 e. The van der Waals surface area contributed by atoms with Crippen molar-refractivity contribution in [3.8, 4) is 0 Å². The van der Waals surface area contributed by atoms with Gasteiger partial charge in [-0.15, -0.1) is 0 Å². The van der Waals surface area contributed by atoms with E-state index in [-0.39, 0.29) is 43.2 Å². The van der Waals surface area contributed by atoms with Crippen molar-refractivity contribution in [1.82, 2.24) is 10.6 Å². The molecule has 0 saturated carbocycles. The van der Waals surface area contributed by atoms with E-state index in [9.17, 15) is 19.2 Å². The topological polar surface area (TPSA) is 197 Å². The van der Waals surface area contributed by atoms with Gasteiger partial charge < -0.3 is 26.2 Å². The second kappa shape index (κ2) is 18.2. The van der Waals surface area contributed by atoms with Gasteiger partial charge in [0.05, 0.1) is 18.9 Å². The number of hydrogen-bond acceptors (Lipinski definition) is 9. The van der Waals surface area contributed by atoms with Gasteiger partial charge in [-0.05, 0) is 37.6 Å². The minimum atomic E-state index is -1.13. The lowest BCUT2D eigenvalue weighted by atomic mass is 9.98. The summed E-state index contributed by atoms with van der Waals surface area (Å²) in [7, 11) is 3.58. The van der Waals surface area contributed by atoms with Crippen LogP contribution in [0.5, 0.6) is 0 Å². The molecule has 0 spiro atoms. The van der Waals surface area contributed by atoms with Crippen LogP contribution in [-0.4, -0.2) is 71.6 Å². The molecule has 0 unspecified atom stereocenters. The first-order valence-electron chi connectivity index (χ1n) is 11.7. The van der Waals surface area contributed by atoms with Crippen molar-refractivity contribution < 1.29 is 29.0 Å². The highest BCUT2D eigenvalue weighted by Crippen LogP contribution is 2.38. The molecular formula is C21H36N6O6S2. The van der Waals surface area contributed by atoms with Crippen LogP contribution in [0.2, 0.25) is 0 Å². The molecule has 0 bridgehead atoms.